The third kappa shape index (κ3) is 3.43. The fourth-order valence-electron chi connectivity index (χ4n) is 2.53. The summed E-state index contributed by atoms with van der Waals surface area (Å²) in [5.41, 5.74) is 1.01. The van der Waals surface area contributed by atoms with Crippen LogP contribution >= 0.6 is 15.9 Å². The van der Waals surface area contributed by atoms with Gasteiger partial charge in [-0.25, -0.2) is 0 Å². The molecule has 1 fully saturated rings. The Labute approximate surface area is 138 Å². The number of nitrogens with zero attached hydrogens (tertiary/aromatic N) is 3. The van der Waals surface area contributed by atoms with Crippen LogP contribution in [-0.2, 0) is 11.8 Å². The molecule has 1 heterocycles. The van der Waals surface area contributed by atoms with Gasteiger partial charge in [-0.1, -0.05) is 15.9 Å². The van der Waals surface area contributed by atoms with Gasteiger partial charge in [0.1, 0.15) is 0 Å². The number of aromatic nitrogens is 2. The first kappa shape index (κ1) is 15.3. The summed E-state index contributed by atoms with van der Waals surface area (Å²) in [5.74, 6) is 1.43. The molecular formula is C16H20BrN3O2. The lowest BCUT2D eigenvalue weighted by molar-refractivity contribution is -0.130. The zero-order chi connectivity index (χ0) is 15.7. The minimum atomic E-state index is 0.133. The number of carbonyl (C=O) groups excluding carboxylic acids is 1. The van der Waals surface area contributed by atoms with E-state index in [-0.39, 0.29) is 5.91 Å². The smallest absolute Gasteiger partial charge is 0.240 e. The van der Waals surface area contributed by atoms with Crippen LogP contribution in [0.1, 0.15) is 19.3 Å². The molecule has 1 aromatic heterocycles. The molecule has 0 unspecified atom stereocenters. The third-order valence-electron chi connectivity index (χ3n) is 3.99. The second-order valence-corrected chi connectivity index (χ2v) is 6.82. The Bertz CT molecular complexity index is 694. The molecule has 6 heteroatoms. The number of fused-ring (bicyclic) bond motifs is 1. The summed E-state index contributed by atoms with van der Waals surface area (Å²) in [6.07, 6.45) is 2.89. The molecule has 1 aliphatic carbocycles. The Morgan fingerprint density at radius 3 is 3.00 bits per heavy atom. The maximum atomic E-state index is 12.0. The van der Waals surface area contributed by atoms with Crippen molar-refractivity contribution in [2.45, 2.75) is 19.3 Å². The van der Waals surface area contributed by atoms with Gasteiger partial charge < -0.3 is 9.64 Å². The molecule has 118 valence electrons. The number of hydrogen-bond acceptors (Lipinski definition) is 3. The number of hydrogen-bond donors (Lipinski definition) is 0. The van der Waals surface area contributed by atoms with Crippen molar-refractivity contribution in [3.05, 3.63) is 22.7 Å². The molecule has 2 aromatic rings. The third-order valence-corrected chi connectivity index (χ3v) is 4.48. The van der Waals surface area contributed by atoms with Crippen molar-refractivity contribution in [3.63, 3.8) is 0 Å². The maximum absolute atomic E-state index is 12.0. The van der Waals surface area contributed by atoms with Crippen molar-refractivity contribution in [2.75, 3.05) is 20.2 Å². The van der Waals surface area contributed by atoms with E-state index in [1.54, 1.807) is 4.68 Å². The second-order valence-electron chi connectivity index (χ2n) is 5.91. The summed E-state index contributed by atoms with van der Waals surface area (Å²) < 4.78 is 8.51. The number of amides is 1. The standard InChI is InChI=1S/C16H20BrN3O2/c1-19(10-11-3-4-11)15(21)7-8-22-16-13-9-12(17)5-6-14(13)20(2)18-16/h5-6,9,11H,3-4,7-8,10H2,1-2H3. The number of ether oxygens (including phenoxy) is 1. The summed E-state index contributed by atoms with van der Waals surface area (Å²) in [7, 11) is 3.76. The van der Waals surface area contributed by atoms with Crippen LogP contribution in [0.25, 0.3) is 10.9 Å². The van der Waals surface area contributed by atoms with Gasteiger partial charge in [0, 0.05) is 25.1 Å². The van der Waals surface area contributed by atoms with Gasteiger partial charge in [0.2, 0.25) is 11.8 Å². The monoisotopic (exact) mass is 365 g/mol. The first-order valence-corrected chi connectivity index (χ1v) is 8.33. The van der Waals surface area contributed by atoms with Crippen molar-refractivity contribution in [1.82, 2.24) is 14.7 Å². The second kappa shape index (κ2) is 6.28. The number of rotatable bonds is 6. The highest BCUT2D eigenvalue weighted by Crippen LogP contribution is 2.29. The van der Waals surface area contributed by atoms with Crippen LogP contribution < -0.4 is 4.74 Å². The molecule has 0 aliphatic heterocycles. The lowest BCUT2D eigenvalue weighted by Crippen LogP contribution is -2.29. The van der Waals surface area contributed by atoms with Gasteiger partial charge in [-0.15, -0.1) is 5.10 Å². The van der Waals surface area contributed by atoms with E-state index in [2.05, 4.69) is 21.0 Å². The minimum Gasteiger partial charge on any atom is -0.476 e. The molecule has 0 atom stereocenters. The van der Waals surface area contributed by atoms with Crippen LogP contribution in [0.3, 0.4) is 0 Å². The molecule has 22 heavy (non-hydrogen) atoms. The fraction of sp³-hybridized carbons (Fsp3) is 0.500. The Balaban J connectivity index is 1.59. The van der Waals surface area contributed by atoms with E-state index in [1.165, 1.54) is 12.8 Å². The molecule has 5 nitrogen and oxygen atoms in total. The molecule has 1 aliphatic rings. The predicted octanol–water partition coefficient (Wildman–Crippen LogP) is 2.97. The van der Waals surface area contributed by atoms with Crippen molar-refractivity contribution in [3.8, 4) is 5.88 Å². The van der Waals surface area contributed by atoms with Crippen molar-refractivity contribution < 1.29 is 9.53 Å². The number of aryl methyl sites for hydroxylation is 1. The summed E-state index contributed by atoms with van der Waals surface area (Å²) in [5, 5.41) is 5.33. The maximum Gasteiger partial charge on any atom is 0.240 e. The molecule has 1 aromatic carbocycles. The van der Waals surface area contributed by atoms with Gasteiger partial charge in [-0.3, -0.25) is 9.48 Å². The lowest BCUT2D eigenvalue weighted by Gasteiger charge is -2.16. The zero-order valence-electron chi connectivity index (χ0n) is 12.9. The Kier molecular flexibility index (Phi) is 4.38. The molecule has 0 bridgehead atoms. The molecule has 1 amide bonds. The van der Waals surface area contributed by atoms with Gasteiger partial charge in [-0.2, -0.15) is 0 Å². The first-order valence-electron chi connectivity index (χ1n) is 7.53. The summed E-state index contributed by atoms with van der Waals surface area (Å²) in [6.45, 7) is 1.23. The predicted molar refractivity (Wildman–Crippen MR) is 88.9 cm³/mol. The SMILES string of the molecule is CN(CC1CC1)C(=O)CCOc1nn(C)c2ccc(Br)cc12. The van der Waals surface area contributed by atoms with Crippen LogP contribution in [0.15, 0.2) is 22.7 Å². The van der Waals surface area contributed by atoms with Crippen molar-refractivity contribution in [2.24, 2.45) is 13.0 Å². The van der Waals surface area contributed by atoms with Crippen molar-refractivity contribution >= 4 is 32.7 Å². The number of benzene rings is 1. The van der Waals surface area contributed by atoms with Crippen molar-refractivity contribution in [1.29, 1.82) is 0 Å². The first-order chi connectivity index (χ1) is 10.5. The van der Waals surface area contributed by atoms with Crippen LogP contribution in [0.4, 0.5) is 0 Å². The lowest BCUT2D eigenvalue weighted by atomic mass is 10.2. The summed E-state index contributed by atoms with van der Waals surface area (Å²) in [4.78, 5) is 13.8. The van der Waals surface area contributed by atoms with Gasteiger partial charge in [-0.05, 0) is 37.0 Å². The normalized spacial score (nSPS) is 14.3. The average Bonchev–Trinajstić information content (AvgIpc) is 3.24. The highest BCUT2D eigenvalue weighted by Gasteiger charge is 2.24. The van der Waals surface area contributed by atoms with E-state index in [0.29, 0.717) is 24.8 Å². The van der Waals surface area contributed by atoms with Crippen LogP contribution in [0, 0.1) is 5.92 Å². The van der Waals surface area contributed by atoms with Gasteiger partial charge in [0.25, 0.3) is 0 Å². The fourth-order valence-corrected chi connectivity index (χ4v) is 2.89. The van der Waals surface area contributed by atoms with E-state index >= 15 is 0 Å². The minimum absolute atomic E-state index is 0.133. The Morgan fingerprint density at radius 2 is 2.27 bits per heavy atom. The van der Waals surface area contributed by atoms with Gasteiger partial charge in [0.15, 0.2) is 0 Å². The zero-order valence-corrected chi connectivity index (χ0v) is 14.5. The molecule has 0 spiro atoms. The molecule has 0 radical (unpaired) electrons. The van der Waals surface area contributed by atoms with Crippen LogP contribution in [0.2, 0.25) is 0 Å². The van der Waals surface area contributed by atoms with E-state index in [9.17, 15) is 4.79 Å². The molecule has 0 N–H and O–H groups in total. The topological polar surface area (TPSA) is 47.4 Å². The van der Waals surface area contributed by atoms with Gasteiger partial charge >= 0.3 is 0 Å². The highest BCUT2D eigenvalue weighted by molar-refractivity contribution is 9.10. The van der Waals surface area contributed by atoms with E-state index < -0.39 is 0 Å². The average molecular weight is 366 g/mol. The number of halogens is 1. The summed E-state index contributed by atoms with van der Waals surface area (Å²) >= 11 is 3.46. The Morgan fingerprint density at radius 1 is 1.50 bits per heavy atom. The highest BCUT2D eigenvalue weighted by atomic mass is 79.9. The quantitative estimate of drug-likeness (QED) is 0.790. The number of carbonyl (C=O) groups is 1. The molecule has 1 saturated carbocycles. The largest absolute Gasteiger partial charge is 0.476 e. The van der Waals surface area contributed by atoms with Gasteiger partial charge in [0.05, 0.1) is 23.9 Å². The Hall–Kier alpha value is -1.56. The van der Waals surface area contributed by atoms with Crippen LogP contribution in [-0.4, -0.2) is 40.8 Å². The summed E-state index contributed by atoms with van der Waals surface area (Å²) in [6, 6.07) is 5.96. The van der Waals surface area contributed by atoms with E-state index in [1.807, 2.05) is 37.2 Å². The van der Waals surface area contributed by atoms with E-state index in [4.69, 9.17) is 4.74 Å². The van der Waals surface area contributed by atoms with Crippen LogP contribution in [0.5, 0.6) is 5.88 Å². The molecule has 0 saturated heterocycles. The molecular weight excluding hydrogens is 346 g/mol. The van der Waals surface area contributed by atoms with E-state index in [0.717, 1.165) is 21.9 Å². The molecule has 3 rings (SSSR count).